The molecule has 2 rings (SSSR count). The summed E-state index contributed by atoms with van der Waals surface area (Å²) in [6, 6.07) is 15.6. The summed E-state index contributed by atoms with van der Waals surface area (Å²) < 4.78 is 11.2. The summed E-state index contributed by atoms with van der Waals surface area (Å²) in [7, 11) is 1.77. The van der Waals surface area contributed by atoms with Crippen molar-refractivity contribution >= 4 is 17.7 Å². The molecule has 5 heteroatoms. The zero-order valence-electron chi connectivity index (χ0n) is 16.7. The van der Waals surface area contributed by atoms with Gasteiger partial charge in [0.15, 0.2) is 0 Å². The molecular weight excluding hydrogens is 362 g/mol. The van der Waals surface area contributed by atoms with Crippen molar-refractivity contribution in [2.45, 2.75) is 52.4 Å². The number of hydrogen-bond donors (Lipinski definition) is 0. The fourth-order valence-corrected chi connectivity index (χ4v) is 2.72. The molecule has 0 saturated carbocycles. The molecule has 0 heterocycles. The maximum Gasteiger partial charge on any atom is 0.410 e. The molecule has 0 spiro atoms. The van der Waals surface area contributed by atoms with Crippen molar-refractivity contribution in [2.24, 2.45) is 0 Å². The molecule has 4 nitrogen and oxygen atoms in total. The molecule has 0 N–H and O–H groups in total. The number of carbonyl (C=O) groups excluding carboxylic acids is 1. The van der Waals surface area contributed by atoms with Crippen LogP contribution in [0.3, 0.4) is 0 Å². The lowest BCUT2D eigenvalue weighted by molar-refractivity contribution is 0.0236. The predicted molar refractivity (Wildman–Crippen MR) is 109 cm³/mol. The Morgan fingerprint density at radius 2 is 1.78 bits per heavy atom. The quantitative estimate of drug-likeness (QED) is 0.634. The van der Waals surface area contributed by atoms with Gasteiger partial charge in [-0.05, 0) is 69.5 Å². The van der Waals surface area contributed by atoms with Gasteiger partial charge >= 0.3 is 6.09 Å². The van der Waals surface area contributed by atoms with Gasteiger partial charge in [-0.1, -0.05) is 35.9 Å². The predicted octanol–water partition coefficient (Wildman–Crippen LogP) is 5.72. The molecular formula is C22H28ClNO3. The Labute approximate surface area is 167 Å². The van der Waals surface area contributed by atoms with Crippen LogP contribution in [0.4, 0.5) is 4.79 Å². The number of nitrogens with zero attached hydrogens (tertiary/aromatic N) is 1. The summed E-state index contributed by atoms with van der Waals surface area (Å²) in [6.45, 7) is 8.08. The number of benzene rings is 2. The summed E-state index contributed by atoms with van der Waals surface area (Å²) in [5.41, 5.74) is 1.67. The van der Waals surface area contributed by atoms with E-state index in [9.17, 15) is 4.79 Å². The highest BCUT2D eigenvalue weighted by Crippen LogP contribution is 2.18. The van der Waals surface area contributed by atoms with Gasteiger partial charge < -0.3 is 14.4 Å². The second-order valence-corrected chi connectivity index (χ2v) is 8.14. The third-order valence-corrected chi connectivity index (χ3v) is 4.33. The van der Waals surface area contributed by atoms with E-state index in [1.165, 1.54) is 0 Å². The summed E-state index contributed by atoms with van der Waals surface area (Å²) in [5, 5.41) is 0.703. The van der Waals surface area contributed by atoms with E-state index in [4.69, 9.17) is 21.1 Å². The van der Waals surface area contributed by atoms with Crippen LogP contribution in [-0.4, -0.2) is 29.7 Å². The van der Waals surface area contributed by atoms with E-state index in [2.05, 4.69) is 0 Å². The van der Waals surface area contributed by atoms with Crippen molar-refractivity contribution in [3.63, 3.8) is 0 Å². The zero-order chi connectivity index (χ0) is 20.0. The number of ether oxygens (including phenoxy) is 2. The van der Waals surface area contributed by atoms with Crippen molar-refractivity contribution in [3.8, 4) is 5.75 Å². The number of halogens is 1. The van der Waals surface area contributed by atoms with Gasteiger partial charge in [-0.15, -0.1) is 0 Å². The van der Waals surface area contributed by atoms with E-state index < -0.39 is 5.60 Å². The van der Waals surface area contributed by atoms with Crippen molar-refractivity contribution in [3.05, 3.63) is 64.7 Å². The second-order valence-electron chi connectivity index (χ2n) is 7.71. The van der Waals surface area contributed by atoms with Gasteiger partial charge in [0.25, 0.3) is 0 Å². The Balaban J connectivity index is 1.88. The van der Waals surface area contributed by atoms with Gasteiger partial charge in [0, 0.05) is 18.1 Å². The number of amides is 1. The molecule has 27 heavy (non-hydrogen) atoms. The minimum absolute atomic E-state index is 0.0260. The average molecular weight is 390 g/mol. The van der Waals surface area contributed by atoms with Crippen LogP contribution in [0, 0.1) is 0 Å². The van der Waals surface area contributed by atoms with Crippen LogP contribution in [0.5, 0.6) is 5.75 Å². The fourth-order valence-electron chi connectivity index (χ4n) is 2.51. The monoisotopic (exact) mass is 389 g/mol. The lowest BCUT2D eigenvalue weighted by Crippen LogP contribution is -2.40. The van der Waals surface area contributed by atoms with Crippen LogP contribution in [0.1, 0.15) is 38.8 Å². The zero-order valence-corrected chi connectivity index (χ0v) is 17.4. The normalized spacial score (nSPS) is 12.4. The third-order valence-electron chi connectivity index (χ3n) is 4.09. The standard InChI is InChI=1S/C22H28ClNO3/c1-16(24(5)21(25)27-22(2,3)4)13-17-9-11-20(12-10-17)26-15-18-7-6-8-19(23)14-18/h6-12,14,16H,13,15H2,1-5H3. The van der Waals surface area contributed by atoms with Crippen LogP contribution in [0.25, 0.3) is 0 Å². The first kappa shape index (κ1) is 21.1. The Hall–Kier alpha value is -2.20. The Kier molecular flexibility index (Phi) is 7.14. The first-order chi connectivity index (χ1) is 12.6. The molecule has 146 valence electrons. The first-order valence-corrected chi connectivity index (χ1v) is 9.44. The highest BCUT2D eigenvalue weighted by molar-refractivity contribution is 6.30. The van der Waals surface area contributed by atoms with E-state index in [0.717, 1.165) is 23.3 Å². The van der Waals surface area contributed by atoms with Crippen molar-refractivity contribution in [1.82, 2.24) is 4.90 Å². The van der Waals surface area contributed by atoms with E-state index >= 15 is 0 Å². The van der Waals surface area contributed by atoms with Gasteiger partial charge in [-0.25, -0.2) is 4.79 Å². The topological polar surface area (TPSA) is 38.8 Å². The van der Waals surface area contributed by atoms with E-state index in [0.29, 0.717) is 11.6 Å². The Morgan fingerprint density at radius 1 is 1.11 bits per heavy atom. The molecule has 0 saturated heterocycles. The Bertz CT molecular complexity index is 753. The molecule has 0 aromatic heterocycles. The van der Waals surface area contributed by atoms with Crippen LogP contribution in [0.15, 0.2) is 48.5 Å². The fraction of sp³-hybridized carbons (Fsp3) is 0.409. The van der Waals surface area contributed by atoms with Crippen molar-refractivity contribution in [1.29, 1.82) is 0 Å². The minimum atomic E-state index is -0.493. The Morgan fingerprint density at radius 3 is 2.37 bits per heavy atom. The van der Waals surface area contributed by atoms with Crippen LogP contribution in [-0.2, 0) is 17.8 Å². The summed E-state index contributed by atoms with van der Waals surface area (Å²) >= 11 is 5.99. The van der Waals surface area contributed by atoms with Gasteiger partial charge in [-0.3, -0.25) is 0 Å². The largest absolute Gasteiger partial charge is 0.489 e. The lowest BCUT2D eigenvalue weighted by atomic mass is 10.1. The highest BCUT2D eigenvalue weighted by Gasteiger charge is 2.23. The van der Waals surface area contributed by atoms with Gasteiger partial charge in [0.05, 0.1) is 0 Å². The molecule has 2 aromatic carbocycles. The van der Waals surface area contributed by atoms with Gasteiger partial charge in [0.1, 0.15) is 18.0 Å². The molecule has 0 aliphatic rings. The molecule has 1 amide bonds. The summed E-state index contributed by atoms with van der Waals surface area (Å²) in [6.07, 6.45) is 0.432. The number of rotatable bonds is 6. The van der Waals surface area contributed by atoms with Gasteiger partial charge in [0.2, 0.25) is 0 Å². The molecule has 0 aliphatic heterocycles. The molecule has 2 aromatic rings. The molecule has 0 bridgehead atoms. The van der Waals surface area contributed by atoms with E-state index in [-0.39, 0.29) is 12.1 Å². The molecule has 0 fully saturated rings. The number of carbonyl (C=O) groups is 1. The number of hydrogen-bond acceptors (Lipinski definition) is 3. The van der Waals surface area contributed by atoms with Crippen molar-refractivity contribution < 1.29 is 14.3 Å². The van der Waals surface area contributed by atoms with Gasteiger partial charge in [-0.2, -0.15) is 0 Å². The maximum absolute atomic E-state index is 12.2. The average Bonchev–Trinajstić information content (AvgIpc) is 2.59. The van der Waals surface area contributed by atoms with Crippen LogP contribution in [0.2, 0.25) is 5.02 Å². The molecule has 1 unspecified atom stereocenters. The minimum Gasteiger partial charge on any atom is -0.489 e. The smallest absolute Gasteiger partial charge is 0.410 e. The van der Waals surface area contributed by atoms with E-state index in [1.807, 2.05) is 76.2 Å². The number of likely N-dealkylation sites (N-methyl/N-ethyl adjacent to an activating group) is 1. The summed E-state index contributed by atoms with van der Waals surface area (Å²) in [5.74, 6) is 0.798. The highest BCUT2D eigenvalue weighted by atomic mass is 35.5. The maximum atomic E-state index is 12.2. The first-order valence-electron chi connectivity index (χ1n) is 9.06. The molecule has 0 radical (unpaired) electrons. The lowest BCUT2D eigenvalue weighted by Gasteiger charge is -2.28. The summed E-state index contributed by atoms with van der Waals surface area (Å²) in [4.78, 5) is 13.8. The van der Waals surface area contributed by atoms with Crippen molar-refractivity contribution in [2.75, 3.05) is 7.05 Å². The van der Waals surface area contributed by atoms with E-state index in [1.54, 1.807) is 11.9 Å². The second kappa shape index (κ2) is 9.14. The molecule has 1 atom stereocenters. The third kappa shape index (κ3) is 7.14. The van der Waals surface area contributed by atoms with Crippen LogP contribution >= 0.6 is 11.6 Å². The van der Waals surface area contributed by atoms with Crippen LogP contribution < -0.4 is 4.74 Å². The SMILES string of the molecule is CC(Cc1ccc(OCc2cccc(Cl)c2)cc1)N(C)C(=O)OC(C)(C)C. The molecule has 0 aliphatic carbocycles.